The van der Waals surface area contributed by atoms with Crippen LogP contribution in [0.3, 0.4) is 0 Å². The number of benzene rings is 1. The summed E-state index contributed by atoms with van der Waals surface area (Å²) in [7, 11) is 0. The summed E-state index contributed by atoms with van der Waals surface area (Å²) in [5, 5.41) is 9.75. The normalized spacial score (nSPS) is 21.6. The number of fused-ring (bicyclic) bond motifs is 1. The van der Waals surface area contributed by atoms with Crippen molar-refractivity contribution < 1.29 is 24.2 Å². The van der Waals surface area contributed by atoms with Gasteiger partial charge in [0.1, 0.15) is 11.5 Å². The lowest BCUT2D eigenvalue weighted by atomic mass is 9.98. The van der Waals surface area contributed by atoms with Crippen LogP contribution in [0.25, 0.3) is 0 Å². The van der Waals surface area contributed by atoms with Gasteiger partial charge in [-0.05, 0) is 38.8 Å². The highest BCUT2D eigenvalue weighted by molar-refractivity contribution is 6.12. The Kier molecular flexibility index (Phi) is 4.46. The van der Waals surface area contributed by atoms with Gasteiger partial charge in [-0.15, -0.1) is 0 Å². The van der Waals surface area contributed by atoms with Gasteiger partial charge in [0.25, 0.3) is 0 Å². The third-order valence-electron chi connectivity index (χ3n) is 4.43. The van der Waals surface area contributed by atoms with Crippen LogP contribution in [0.15, 0.2) is 24.1 Å². The van der Waals surface area contributed by atoms with Crippen LogP contribution in [-0.4, -0.2) is 41.5 Å². The molecule has 6 nitrogen and oxygen atoms in total. The zero-order valence-corrected chi connectivity index (χ0v) is 13.9. The van der Waals surface area contributed by atoms with E-state index in [1.165, 1.54) is 6.07 Å². The molecule has 0 amide bonds. The number of nitrogens with zero attached hydrogens (tertiary/aromatic N) is 1. The first-order valence-electron chi connectivity index (χ1n) is 8.19. The van der Waals surface area contributed by atoms with E-state index in [0.717, 1.165) is 19.4 Å². The average Bonchev–Trinajstić information content (AvgIpc) is 2.88. The highest BCUT2D eigenvalue weighted by Crippen LogP contribution is 2.38. The van der Waals surface area contributed by atoms with Gasteiger partial charge in [0.15, 0.2) is 5.76 Å². The molecule has 1 atom stereocenters. The Morgan fingerprint density at radius 1 is 1.50 bits per heavy atom. The van der Waals surface area contributed by atoms with Crippen molar-refractivity contribution in [1.29, 1.82) is 0 Å². The smallest absolute Gasteiger partial charge is 0.310 e. The SMILES string of the molecule is CCOC(=O)[C@H]1CCCN(C=C2Oc3c(ccc(O)c3C)C2=O)C1. The van der Waals surface area contributed by atoms with E-state index in [-0.39, 0.29) is 29.2 Å². The largest absolute Gasteiger partial charge is 0.508 e. The Morgan fingerprint density at radius 2 is 2.29 bits per heavy atom. The highest BCUT2D eigenvalue weighted by Gasteiger charge is 2.32. The number of phenolic OH excluding ortho intramolecular Hbond substituents is 1. The lowest BCUT2D eigenvalue weighted by Crippen LogP contribution is -2.36. The number of piperidine rings is 1. The van der Waals surface area contributed by atoms with Crippen LogP contribution in [0.4, 0.5) is 0 Å². The summed E-state index contributed by atoms with van der Waals surface area (Å²) in [5.41, 5.74) is 1.00. The number of ether oxygens (including phenoxy) is 2. The number of rotatable bonds is 3. The van der Waals surface area contributed by atoms with E-state index in [4.69, 9.17) is 9.47 Å². The molecular weight excluding hydrogens is 310 g/mol. The molecule has 3 rings (SSSR count). The zero-order chi connectivity index (χ0) is 17.3. The van der Waals surface area contributed by atoms with Gasteiger partial charge in [0.05, 0.1) is 18.1 Å². The van der Waals surface area contributed by atoms with Crippen molar-refractivity contribution >= 4 is 11.8 Å². The lowest BCUT2D eigenvalue weighted by Gasteiger charge is -2.30. The minimum absolute atomic E-state index is 0.100. The molecule has 24 heavy (non-hydrogen) atoms. The first kappa shape index (κ1) is 16.4. The Morgan fingerprint density at radius 3 is 3.04 bits per heavy atom. The highest BCUT2D eigenvalue weighted by atomic mass is 16.5. The summed E-state index contributed by atoms with van der Waals surface area (Å²) < 4.78 is 10.8. The monoisotopic (exact) mass is 331 g/mol. The van der Waals surface area contributed by atoms with Gasteiger partial charge < -0.3 is 19.5 Å². The summed E-state index contributed by atoms with van der Waals surface area (Å²) in [6.07, 6.45) is 3.32. The predicted octanol–water partition coefficient (Wildman–Crippen LogP) is 2.39. The number of Topliss-reactive ketones (excluding diaryl/α,β-unsaturated/α-hetero) is 1. The van der Waals surface area contributed by atoms with Gasteiger partial charge in [-0.3, -0.25) is 9.59 Å². The van der Waals surface area contributed by atoms with E-state index in [1.54, 1.807) is 26.1 Å². The molecule has 1 N–H and O–H groups in total. The zero-order valence-electron chi connectivity index (χ0n) is 13.9. The van der Waals surface area contributed by atoms with Crippen molar-refractivity contribution in [3.8, 4) is 11.5 Å². The van der Waals surface area contributed by atoms with Crippen LogP contribution >= 0.6 is 0 Å². The molecule has 2 aliphatic rings. The van der Waals surface area contributed by atoms with Crippen LogP contribution in [0.2, 0.25) is 0 Å². The molecule has 0 saturated carbocycles. The van der Waals surface area contributed by atoms with Gasteiger partial charge in [-0.25, -0.2) is 0 Å². The number of phenols is 1. The van der Waals surface area contributed by atoms with E-state index in [2.05, 4.69) is 0 Å². The van der Waals surface area contributed by atoms with Crippen LogP contribution in [0.1, 0.15) is 35.7 Å². The van der Waals surface area contributed by atoms with Gasteiger partial charge in [-0.1, -0.05) is 0 Å². The van der Waals surface area contributed by atoms with Gasteiger partial charge in [0.2, 0.25) is 5.78 Å². The molecule has 1 fully saturated rings. The Hall–Kier alpha value is -2.50. The number of carbonyl (C=O) groups excluding carboxylic acids is 2. The third kappa shape index (κ3) is 2.96. The van der Waals surface area contributed by atoms with Crippen molar-refractivity contribution in [2.75, 3.05) is 19.7 Å². The number of carbonyl (C=O) groups is 2. The van der Waals surface area contributed by atoms with E-state index in [1.807, 2.05) is 4.90 Å². The minimum Gasteiger partial charge on any atom is -0.508 e. The van der Waals surface area contributed by atoms with Crippen LogP contribution < -0.4 is 4.74 Å². The van der Waals surface area contributed by atoms with E-state index >= 15 is 0 Å². The summed E-state index contributed by atoms with van der Waals surface area (Å²) in [5.74, 6) is 0.159. The number of hydrogen-bond acceptors (Lipinski definition) is 6. The first-order chi connectivity index (χ1) is 11.5. The van der Waals surface area contributed by atoms with Crippen LogP contribution in [-0.2, 0) is 9.53 Å². The standard InChI is InChI=1S/C18H21NO5/c1-3-23-18(22)12-5-4-8-19(9-12)10-15-16(21)13-6-7-14(20)11(2)17(13)24-15/h6-7,10,12,20H,3-5,8-9H2,1-2H3/t12-/m0/s1. The quantitative estimate of drug-likeness (QED) is 0.677. The van der Waals surface area contributed by atoms with E-state index in [9.17, 15) is 14.7 Å². The van der Waals surface area contributed by atoms with E-state index in [0.29, 0.717) is 30.0 Å². The Balaban J connectivity index is 1.76. The fourth-order valence-electron chi connectivity index (χ4n) is 3.11. The maximum absolute atomic E-state index is 12.5. The second-order valence-electron chi connectivity index (χ2n) is 6.10. The molecule has 0 aliphatic carbocycles. The van der Waals surface area contributed by atoms with Gasteiger partial charge >= 0.3 is 5.97 Å². The average molecular weight is 331 g/mol. The fraction of sp³-hybridized carbons (Fsp3) is 0.444. The Labute approximate surface area is 140 Å². The number of aromatic hydroxyl groups is 1. The lowest BCUT2D eigenvalue weighted by molar-refractivity contribution is -0.149. The first-order valence-corrected chi connectivity index (χ1v) is 8.19. The molecule has 0 radical (unpaired) electrons. The molecule has 128 valence electrons. The second-order valence-corrected chi connectivity index (χ2v) is 6.10. The maximum atomic E-state index is 12.5. The minimum atomic E-state index is -0.202. The number of allylic oxidation sites excluding steroid dienone is 1. The Bertz CT molecular complexity index is 710. The van der Waals surface area contributed by atoms with Crippen molar-refractivity contribution in [2.45, 2.75) is 26.7 Å². The van der Waals surface area contributed by atoms with Crippen molar-refractivity contribution in [1.82, 2.24) is 4.90 Å². The fourth-order valence-corrected chi connectivity index (χ4v) is 3.11. The molecular formula is C18H21NO5. The predicted molar refractivity (Wildman–Crippen MR) is 86.8 cm³/mol. The summed E-state index contributed by atoms with van der Waals surface area (Å²) in [4.78, 5) is 26.3. The molecule has 2 aliphatic heterocycles. The number of hydrogen-bond donors (Lipinski definition) is 1. The molecule has 1 saturated heterocycles. The molecule has 0 aromatic heterocycles. The number of esters is 1. The molecule has 6 heteroatoms. The van der Waals surface area contributed by atoms with Crippen molar-refractivity contribution in [2.24, 2.45) is 5.92 Å². The number of ketones is 1. The van der Waals surface area contributed by atoms with E-state index < -0.39 is 0 Å². The van der Waals surface area contributed by atoms with Crippen LogP contribution in [0.5, 0.6) is 11.5 Å². The molecule has 0 spiro atoms. The third-order valence-corrected chi connectivity index (χ3v) is 4.43. The molecule has 2 heterocycles. The molecule has 0 bridgehead atoms. The molecule has 1 aromatic carbocycles. The van der Waals surface area contributed by atoms with Gasteiger partial charge in [-0.2, -0.15) is 0 Å². The van der Waals surface area contributed by atoms with Crippen LogP contribution in [0, 0.1) is 12.8 Å². The maximum Gasteiger partial charge on any atom is 0.310 e. The van der Waals surface area contributed by atoms with Crippen molar-refractivity contribution in [3.05, 3.63) is 35.2 Å². The topological polar surface area (TPSA) is 76.1 Å². The number of likely N-dealkylation sites (tertiary alicyclic amines) is 1. The summed E-state index contributed by atoms with van der Waals surface area (Å²) in [6.45, 7) is 5.15. The summed E-state index contributed by atoms with van der Waals surface area (Å²) >= 11 is 0. The summed E-state index contributed by atoms with van der Waals surface area (Å²) in [6, 6.07) is 3.06. The van der Waals surface area contributed by atoms with Crippen molar-refractivity contribution in [3.63, 3.8) is 0 Å². The molecule has 1 aromatic rings. The van der Waals surface area contributed by atoms with Gasteiger partial charge in [0, 0.05) is 24.9 Å². The molecule has 0 unspecified atom stereocenters. The second kappa shape index (κ2) is 6.55.